The fourth-order valence-electron chi connectivity index (χ4n) is 1.65. The van der Waals surface area contributed by atoms with Crippen LogP contribution in [-0.4, -0.2) is 18.8 Å². The molecule has 84 valence electrons. The van der Waals surface area contributed by atoms with Crippen LogP contribution in [0.4, 0.5) is 0 Å². The summed E-state index contributed by atoms with van der Waals surface area (Å²) in [5.74, 6) is 0. The van der Waals surface area contributed by atoms with Crippen LogP contribution in [0, 0.1) is 0 Å². The van der Waals surface area contributed by atoms with Crippen molar-refractivity contribution < 1.29 is 0 Å². The summed E-state index contributed by atoms with van der Waals surface area (Å²) < 4.78 is 0. The highest BCUT2D eigenvalue weighted by molar-refractivity contribution is 8.04. The maximum absolute atomic E-state index is 4.53. The molecule has 0 aromatic heterocycles. The van der Waals surface area contributed by atoms with Crippen LogP contribution in [0.2, 0.25) is 0 Å². The van der Waals surface area contributed by atoms with Gasteiger partial charge in [-0.25, -0.2) is 0 Å². The Balaban J connectivity index is 2.25. The highest BCUT2D eigenvalue weighted by Crippen LogP contribution is 2.29. The molecular formula is C13H16N2S. The topological polar surface area (TPSA) is 24.4 Å². The van der Waals surface area contributed by atoms with Crippen LogP contribution in [0.1, 0.15) is 13.8 Å². The fourth-order valence-corrected chi connectivity index (χ4v) is 2.61. The second-order valence-electron chi connectivity index (χ2n) is 3.76. The third-order valence-electron chi connectivity index (χ3n) is 2.48. The smallest absolute Gasteiger partial charge is 0.0565 e. The van der Waals surface area contributed by atoms with Gasteiger partial charge in [-0.2, -0.15) is 0 Å². The normalized spacial score (nSPS) is 16.5. The summed E-state index contributed by atoms with van der Waals surface area (Å²) in [5.41, 5.74) is 2.36. The highest BCUT2D eigenvalue weighted by atomic mass is 32.2. The van der Waals surface area contributed by atoms with Crippen molar-refractivity contribution in [3.8, 4) is 0 Å². The summed E-state index contributed by atoms with van der Waals surface area (Å²) >= 11 is 1.78. The lowest BCUT2D eigenvalue weighted by Gasteiger charge is -2.10. The number of hydrogen-bond donors (Lipinski definition) is 1. The Hall–Kier alpha value is -1.22. The van der Waals surface area contributed by atoms with Crippen molar-refractivity contribution in [2.45, 2.75) is 18.7 Å². The van der Waals surface area contributed by atoms with E-state index in [0.717, 1.165) is 18.8 Å². The molecule has 0 aliphatic carbocycles. The quantitative estimate of drug-likeness (QED) is 0.847. The van der Waals surface area contributed by atoms with Crippen molar-refractivity contribution >= 4 is 17.5 Å². The Morgan fingerprint density at radius 1 is 1.19 bits per heavy atom. The molecular weight excluding hydrogens is 216 g/mol. The van der Waals surface area contributed by atoms with E-state index in [1.807, 2.05) is 6.07 Å². The molecule has 1 N–H and O–H groups in total. The van der Waals surface area contributed by atoms with E-state index in [0.29, 0.717) is 0 Å². The molecule has 0 unspecified atom stereocenters. The standard InChI is InChI=1S/C13H16N2S/c1-10-13(11(2)15-9-8-14-10)16-12-6-4-3-5-7-12/h3-7,14H,8-9H2,1-2H3. The Labute approximate surface area is 101 Å². The van der Waals surface area contributed by atoms with E-state index in [9.17, 15) is 0 Å². The van der Waals surface area contributed by atoms with Crippen LogP contribution in [0.3, 0.4) is 0 Å². The Morgan fingerprint density at radius 3 is 2.69 bits per heavy atom. The van der Waals surface area contributed by atoms with Crippen molar-refractivity contribution in [1.29, 1.82) is 0 Å². The van der Waals surface area contributed by atoms with E-state index in [-0.39, 0.29) is 0 Å². The first-order chi connectivity index (χ1) is 7.77. The van der Waals surface area contributed by atoms with Crippen LogP contribution < -0.4 is 5.32 Å². The van der Waals surface area contributed by atoms with Gasteiger partial charge in [-0.15, -0.1) is 0 Å². The maximum Gasteiger partial charge on any atom is 0.0565 e. The van der Waals surface area contributed by atoms with Gasteiger partial charge in [0, 0.05) is 22.8 Å². The average Bonchev–Trinajstić information content (AvgIpc) is 2.46. The van der Waals surface area contributed by atoms with Gasteiger partial charge in [0.2, 0.25) is 0 Å². The van der Waals surface area contributed by atoms with Crippen LogP contribution in [0.25, 0.3) is 0 Å². The molecule has 16 heavy (non-hydrogen) atoms. The molecule has 3 heteroatoms. The van der Waals surface area contributed by atoms with Gasteiger partial charge in [-0.1, -0.05) is 30.0 Å². The second-order valence-corrected chi connectivity index (χ2v) is 4.85. The lowest BCUT2D eigenvalue weighted by Crippen LogP contribution is -2.14. The molecule has 0 amide bonds. The minimum Gasteiger partial charge on any atom is -0.386 e. The van der Waals surface area contributed by atoms with Crippen LogP contribution in [-0.2, 0) is 0 Å². The van der Waals surface area contributed by atoms with Crippen molar-refractivity contribution in [1.82, 2.24) is 5.32 Å². The molecule has 1 aliphatic rings. The molecule has 2 nitrogen and oxygen atoms in total. The third-order valence-corrected chi connectivity index (χ3v) is 3.80. The Morgan fingerprint density at radius 2 is 1.94 bits per heavy atom. The van der Waals surface area contributed by atoms with Gasteiger partial charge in [-0.3, -0.25) is 4.99 Å². The van der Waals surface area contributed by atoms with Crippen molar-refractivity contribution in [2.75, 3.05) is 13.1 Å². The van der Waals surface area contributed by atoms with Crippen LogP contribution >= 0.6 is 11.8 Å². The largest absolute Gasteiger partial charge is 0.386 e. The molecule has 0 saturated carbocycles. The summed E-state index contributed by atoms with van der Waals surface area (Å²) in [6.45, 7) is 6.00. The first-order valence-electron chi connectivity index (χ1n) is 5.46. The number of thioether (sulfide) groups is 1. The molecule has 1 aromatic carbocycles. The number of hydrogen-bond acceptors (Lipinski definition) is 3. The summed E-state index contributed by atoms with van der Waals surface area (Å²) in [4.78, 5) is 7.04. The summed E-state index contributed by atoms with van der Waals surface area (Å²) in [7, 11) is 0. The lowest BCUT2D eigenvalue weighted by molar-refractivity contribution is 0.808. The van der Waals surface area contributed by atoms with Crippen molar-refractivity contribution in [3.05, 3.63) is 40.9 Å². The second kappa shape index (κ2) is 5.21. The minimum atomic E-state index is 0.863. The number of benzene rings is 1. The zero-order chi connectivity index (χ0) is 11.4. The molecule has 0 spiro atoms. The average molecular weight is 232 g/mol. The fraction of sp³-hybridized carbons (Fsp3) is 0.308. The lowest BCUT2D eigenvalue weighted by atomic mass is 10.3. The van der Waals surface area contributed by atoms with Crippen molar-refractivity contribution in [2.24, 2.45) is 4.99 Å². The Kier molecular flexibility index (Phi) is 3.67. The van der Waals surface area contributed by atoms with Gasteiger partial charge in [0.25, 0.3) is 0 Å². The third kappa shape index (κ3) is 2.67. The van der Waals surface area contributed by atoms with Gasteiger partial charge in [0.1, 0.15) is 0 Å². The van der Waals surface area contributed by atoms with Gasteiger partial charge in [-0.05, 0) is 26.0 Å². The monoisotopic (exact) mass is 232 g/mol. The van der Waals surface area contributed by atoms with Gasteiger partial charge in [0.15, 0.2) is 0 Å². The molecule has 2 rings (SSSR count). The van der Waals surface area contributed by atoms with Gasteiger partial charge >= 0.3 is 0 Å². The summed E-state index contributed by atoms with van der Waals surface area (Å²) in [6.07, 6.45) is 0. The van der Waals surface area contributed by atoms with Crippen molar-refractivity contribution in [3.63, 3.8) is 0 Å². The molecule has 0 saturated heterocycles. The Bertz CT molecular complexity index is 421. The van der Waals surface area contributed by atoms with E-state index in [2.05, 4.69) is 48.4 Å². The first kappa shape index (κ1) is 11.3. The zero-order valence-electron chi connectivity index (χ0n) is 9.66. The SMILES string of the molecule is CC1=NCCNC(C)=C1Sc1ccccc1. The van der Waals surface area contributed by atoms with E-state index in [1.54, 1.807) is 11.8 Å². The molecule has 1 aliphatic heterocycles. The number of allylic oxidation sites excluding steroid dienone is 2. The van der Waals surface area contributed by atoms with E-state index >= 15 is 0 Å². The molecule has 0 fully saturated rings. The number of aliphatic imine (C=N–C) groups is 1. The summed E-state index contributed by atoms with van der Waals surface area (Å²) in [5, 5.41) is 3.39. The van der Waals surface area contributed by atoms with E-state index in [1.165, 1.54) is 15.5 Å². The zero-order valence-corrected chi connectivity index (χ0v) is 10.5. The molecule has 1 aromatic rings. The van der Waals surface area contributed by atoms with E-state index < -0.39 is 0 Å². The number of rotatable bonds is 2. The first-order valence-corrected chi connectivity index (χ1v) is 6.28. The molecule has 0 bridgehead atoms. The predicted octanol–water partition coefficient (Wildman–Crippen LogP) is 3.07. The molecule has 0 radical (unpaired) electrons. The predicted molar refractivity (Wildman–Crippen MR) is 71.0 cm³/mol. The van der Waals surface area contributed by atoms with Gasteiger partial charge in [0.05, 0.1) is 11.4 Å². The highest BCUT2D eigenvalue weighted by Gasteiger charge is 2.11. The maximum atomic E-state index is 4.53. The van der Waals surface area contributed by atoms with Gasteiger partial charge < -0.3 is 5.32 Å². The van der Waals surface area contributed by atoms with Crippen LogP contribution in [0.5, 0.6) is 0 Å². The van der Waals surface area contributed by atoms with E-state index in [4.69, 9.17) is 0 Å². The minimum absolute atomic E-state index is 0.863. The molecule has 0 atom stereocenters. The number of nitrogens with one attached hydrogen (secondary N) is 1. The molecule has 1 heterocycles. The number of nitrogens with zero attached hydrogens (tertiary/aromatic N) is 1. The summed E-state index contributed by atoms with van der Waals surface area (Å²) in [6, 6.07) is 10.4. The van der Waals surface area contributed by atoms with Crippen LogP contribution in [0.15, 0.2) is 50.8 Å².